The summed E-state index contributed by atoms with van der Waals surface area (Å²) in [6.07, 6.45) is 2.65. The zero-order valence-electron chi connectivity index (χ0n) is 7.79. The highest BCUT2D eigenvalue weighted by Crippen LogP contribution is 2.32. The van der Waals surface area contributed by atoms with Gasteiger partial charge in [-0.2, -0.15) is 0 Å². The molecule has 1 aliphatic rings. The van der Waals surface area contributed by atoms with E-state index in [4.69, 9.17) is 17.3 Å². The average molecular weight is 210 g/mol. The van der Waals surface area contributed by atoms with Gasteiger partial charge in [-0.05, 0) is 43.5 Å². The second kappa shape index (κ2) is 3.37. The van der Waals surface area contributed by atoms with E-state index < -0.39 is 5.54 Å². The number of halogens is 1. The summed E-state index contributed by atoms with van der Waals surface area (Å²) in [7, 11) is 0. The molecule has 0 radical (unpaired) electrons. The van der Waals surface area contributed by atoms with E-state index in [0.717, 1.165) is 19.3 Å². The smallest absolute Gasteiger partial charge is 0.182 e. The van der Waals surface area contributed by atoms with Gasteiger partial charge in [0.1, 0.15) is 0 Å². The molecule has 0 aliphatic heterocycles. The van der Waals surface area contributed by atoms with E-state index in [9.17, 15) is 4.79 Å². The summed E-state index contributed by atoms with van der Waals surface area (Å²) in [6.45, 7) is 0. The summed E-state index contributed by atoms with van der Waals surface area (Å²) in [4.78, 5) is 11.9. The van der Waals surface area contributed by atoms with E-state index in [1.807, 2.05) is 0 Å². The van der Waals surface area contributed by atoms with Gasteiger partial charge < -0.3 is 5.73 Å². The summed E-state index contributed by atoms with van der Waals surface area (Å²) in [5.74, 6) is 0.0421. The molecule has 1 aliphatic carbocycles. The van der Waals surface area contributed by atoms with Crippen LogP contribution in [0.4, 0.5) is 0 Å². The quantitative estimate of drug-likeness (QED) is 0.761. The van der Waals surface area contributed by atoms with Crippen molar-refractivity contribution in [2.75, 3.05) is 0 Å². The Hall–Kier alpha value is -0.860. The number of carbonyl (C=O) groups excluding carboxylic acids is 1. The van der Waals surface area contributed by atoms with Gasteiger partial charge in [-0.25, -0.2) is 0 Å². The lowest BCUT2D eigenvalue weighted by atomic mass is 9.73. The molecule has 0 spiro atoms. The molecule has 1 aromatic rings. The molecule has 0 unspecified atom stereocenters. The molecule has 1 saturated carbocycles. The normalized spacial score (nSPS) is 18.7. The third kappa shape index (κ3) is 1.56. The summed E-state index contributed by atoms with van der Waals surface area (Å²) >= 11 is 5.74. The summed E-state index contributed by atoms with van der Waals surface area (Å²) in [5, 5.41) is 0.640. The van der Waals surface area contributed by atoms with E-state index in [-0.39, 0.29) is 5.78 Å². The van der Waals surface area contributed by atoms with Crippen LogP contribution in [0.1, 0.15) is 29.6 Å². The lowest BCUT2D eigenvalue weighted by Gasteiger charge is -2.36. The first kappa shape index (κ1) is 9.69. The Kier molecular flexibility index (Phi) is 2.33. The van der Waals surface area contributed by atoms with Crippen molar-refractivity contribution >= 4 is 17.4 Å². The second-order valence-corrected chi connectivity index (χ2v) is 4.28. The second-order valence-electron chi connectivity index (χ2n) is 3.85. The van der Waals surface area contributed by atoms with Crippen molar-refractivity contribution in [3.63, 3.8) is 0 Å². The number of hydrogen-bond acceptors (Lipinski definition) is 2. The number of Topliss-reactive ketones (excluding diaryl/α,β-unsaturated/α-hetero) is 1. The van der Waals surface area contributed by atoms with Crippen LogP contribution in [-0.2, 0) is 0 Å². The molecule has 0 amide bonds. The van der Waals surface area contributed by atoms with Gasteiger partial charge >= 0.3 is 0 Å². The lowest BCUT2D eigenvalue weighted by molar-refractivity contribution is 0.0801. The predicted octanol–water partition coefficient (Wildman–Crippen LogP) is 2.40. The van der Waals surface area contributed by atoms with Crippen molar-refractivity contribution in [1.82, 2.24) is 0 Å². The lowest BCUT2D eigenvalue weighted by Crippen LogP contribution is -2.53. The van der Waals surface area contributed by atoms with Crippen LogP contribution in [0.5, 0.6) is 0 Å². The Labute approximate surface area is 88.1 Å². The summed E-state index contributed by atoms with van der Waals surface area (Å²) in [5.41, 5.74) is 5.99. The maximum atomic E-state index is 11.9. The van der Waals surface area contributed by atoms with Crippen LogP contribution in [0.25, 0.3) is 0 Å². The van der Waals surface area contributed by atoms with Crippen LogP contribution in [0.2, 0.25) is 5.02 Å². The molecule has 0 saturated heterocycles. The standard InChI is InChI=1S/C11H12ClNO/c12-9-4-2-8(3-5-9)10(14)11(13)6-1-7-11/h2-5H,1,6-7,13H2. The zero-order valence-corrected chi connectivity index (χ0v) is 8.55. The molecule has 2 N–H and O–H groups in total. The minimum absolute atomic E-state index is 0.0421. The number of hydrogen-bond donors (Lipinski definition) is 1. The SMILES string of the molecule is NC1(C(=O)c2ccc(Cl)cc2)CCC1. The minimum Gasteiger partial charge on any atom is -0.319 e. The molecular formula is C11H12ClNO. The third-order valence-corrected chi connectivity index (χ3v) is 3.06. The molecule has 74 valence electrons. The number of ketones is 1. The Bertz CT molecular complexity index is 354. The van der Waals surface area contributed by atoms with E-state index in [1.54, 1.807) is 24.3 Å². The molecule has 3 heteroatoms. The molecule has 1 fully saturated rings. The van der Waals surface area contributed by atoms with Gasteiger partial charge in [0.2, 0.25) is 0 Å². The Morgan fingerprint density at radius 1 is 1.29 bits per heavy atom. The maximum absolute atomic E-state index is 11.9. The van der Waals surface area contributed by atoms with Crippen molar-refractivity contribution in [3.05, 3.63) is 34.9 Å². The molecule has 0 bridgehead atoms. The van der Waals surface area contributed by atoms with Crippen LogP contribution >= 0.6 is 11.6 Å². The molecular weight excluding hydrogens is 198 g/mol. The Balaban J connectivity index is 2.23. The molecule has 1 aromatic carbocycles. The highest BCUT2D eigenvalue weighted by atomic mass is 35.5. The van der Waals surface area contributed by atoms with E-state index >= 15 is 0 Å². The van der Waals surface area contributed by atoms with Gasteiger partial charge in [-0.15, -0.1) is 0 Å². The highest BCUT2D eigenvalue weighted by molar-refractivity contribution is 6.30. The fourth-order valence-corrected chi connectivity index (χ4v) is 1.80. The molecule has 2 rings (SSSR count). The van der Waals surface area contributed by atoms with Crippen molar-refractivity contribution < 1.29 is 4.79 Å². The summed E-state index contributed by atoms with van der Waals surface area (Å²) < 4.78 is 0. The van der Waals surface area contributed by atoms with Crippen molar-refractivity contribution in [2.45, 2.75) is 24.8 Å². The van der Waals surface area contributed by atoms with Crippen LogP contribution in [0.3, 0.4) is 0 Å². The number of nitrogens with two attached hydrogens (primary N) is 1. The minimum atomic E-state index is -0.603. The molecule has 0 atom stereocenters. The van der Waals surface area contributed by atoms with Crippen LogP contribution in [0, 0.1) is 0 Å². The first-order valence-electron chi connectivity index (χ1n) is 4.71. The first-order chi connectivity index (χ1) is 6.62. The van der Waals surface area contributed by atoms with Crippen molar-refractivity contribution in [3.8, 4) is 0 Å². The Morgan fingerprint density at radius 3 is 2.29 bits per heavy atom. The van der Waals surface area contributed by atoms with Gasteiger partial charge in [0.25, 0.3) is 0 Å². The van der Waals surface area contributed by atoms with Crippen LogP contribution in [0.15, 0.2) is 24.3 Å². The largest absolute Gasteiger partial charge is 0.319 e. The van der Waals surface area contributed by atoms with E-state index in [1.165, 1.54) is 0 Å². The highest BCUT2D eigenvalue weighted by Gasteiger charge is 2.40. The third-order valence-electron chi connectivity index (χ3n) is 2.80. The van der Waals surface area contributed by atoms with Gasteiger partial charge in [-0.3, -0.25) is 4.79 Å². The number of rotatable bonds is 2. The fraction of sp³-hybridized carbons (Fsp3) is 0.364. The zero-order chi connectivity index (χ0) is 10.2. The fourth-order valence-electron chi connectivity index (χ4n) is 1.67. The topological polar surface area (TPSA) is 43.1 Å². The molecule has 2 nitrogen and oxygen atoms in total. The van der Waals surface area contributed by atoms with Gasteiger partial charge in [-0.1, -0.05) is 11.6 Å². The average Bonchev–Trinajstić information content (AvgIpc) is 2.14. The van der Waals surface area contributed by atoms with Gasteiger partial charge in [0.05, 0.1) is 5.54 Å². The number of benzene rings is 1. The summed E-state index contributed by atoms with van der Waals surface area (Å²) in [6, 6.07) is 6.91. The predicted molar refractivity (Wildman–Crippen MR) is 56.6 cm³/mol. The van der Waals surface area contributed by atoms with Gasteiger partial charge in [0, 0.05) is 10.6 Å². The van der Waals surface area contributed by atoms with Crippen LogP contribution < -0.4 is 5.73 Å². The molecule has 0 aromatic heterocycles. The Morgan fingerprint density at radius 2 is 1.86 bits per heavy atom. The monoisotopic (exact) mass is 209 g/mol. The van der Waals surface area contributed by atoms with Crippen LogP contribution in [-0.4, -0.2) is 11.3 Å². The molecule has 0 heterocycles. The van der Waals surface area contributed by atoms with Gasteiger partial charge in [0.15, 0.2) is 5.78 Å². The maximum Gasteiger partial charge on any atom is 0.182 e. The number of carbonyl (C=O) groups is 1. The molecule has 14 heavy (non-hydrogen) atoms. The van der Waals surface area contributed by atoms with Crippen molar-refractivity contribution in [1.29, 1.82) is 0 Å². The van der Waals surface area contributed by atoms with E-state index in [2.05, 4.69) is 0 Å². The first-order valence-corrected chi connectivity index (χ1v) is 5.09. The van der Waals surface area contributed by atoms with E-state index in [0.29, 0.717) is 10.6 Å². The van der Waals surface area contributed by atoms with Crippen molar-refractivity contribution in [2.24, 2.45) is 5.73 Å².